The standard InChI is InChI=1S/C17H11BrN2O3/c18-9-2-3-10-13(6-9)20-17(23)14(10)15-16(22)11-5-8(7-21)1-4-12(11)19-15/h1-6,20-21,23H,7H2. The minimum absolute atomic E-state index is 0.0830. The Bertz CT molecular complexity index is 1000. The number of nitrogens with zero attached hydrogens (tertiary/aromatic N) is 1. The summed E-state index contributed by atoms with van der Waals surface area (Å²) in [5, 5.41) is 20.2. The number of nitrogens with one attached hydrogen (secondary N) is 1. The zero-order chi connectivity index (χ0) is 16.1. The average molecular weight is 371 g/mol. The second kappa shape index (κ2) is 5.04. The Labute approximate surface area is 139 Å². The van der Waals surface area contributed by atoms with E-state index in [-0.39, 0.29) is 24.0 Å². The molecule has 0 bridgehead atoms. The third kappa shape index (κ3) is 2.10. The van der Waals surface area contributed by atoms with Crippen molar-refractivity contribution >= 4 is 44.0 Å². The van der Waals surface area contributed by atoms with Gasteiger partial charge in [-0.1, -0.05) is 28.1 Å². The van der Waals surface area contributed by atoms with Gasteiger partial charge in [0.1, 0.15) is 5.71 Å². The molecule has 0 saturated heterocycles. The second-order valence-electron chi connectivity index (χ2n) is 5.34. The van der Waals surface area contributed by atoms with Crippen molar-refractivity contribution in [1.82, 2.24) is 4.98 Å². The summed E-state index contributed by atoms with van der Waals surface area (Å²) in [6.45, 7) is -0.137. The van der Waals surface area contributed by atoms with Crippen LogP contribution < -0.4 is 0 Å². The molecule has 1 aliphatic rings. The zero-order valence-corrected chi connectivity index (χ0v) is 13.4. The Hall–Kier alpha value is -2.44. The number of Topliss-reactive ketones (excluding diaryl/α,β-unsaturated/α-hetero) is 1. The Kier molecular flexibility index (Phi) is 3.11. The first-order chi connectivity index (χ1) is 11.1. The Morgan fingerprint density at radius 1 is 1.17 bits per heavy atom. The lowest BCUT2D eigenvalue weighted by atomic mass is 10.0. The van der Waals surface area contributed by atoms with Gasteiger partial charge in [-0.2, -0.15) is 0 Å². The number of benzene rings is 2. The molecule has 0 amide bonds. The van der Waals surface area contributed by atoms with Gasteiger partial charge >= 0.3 is 0 Å². The van der Waals surface area contributed by atoms with Crippen molar-refractivity contribution < 1.29 is 15.0 Å². The summed E-state index contributed by atoms with van der Waals surface area (Å²) in [7, 11) is 0. The van der Waals surface area contributed by atoms with Crippen LogP contribution in [0, 0.1) is 0 Å². The van der Waals surface area contributed by atoms with Crippen molar-refractivity contribution in [2.24, 2.45) is 4.99 Å². The van der Waals surface area contributed by atoms with E-state index in [1.807, 2.05) is 18.2 Å². The molecule has 5 nitrogen and oxygen atoms in total. The Balaban J connectivity index is 1.90. The van der Waals surface area contributed by atoms with Crippen molar-refractivity contribution in [3.05, 3.63) is 57.6 Å². The van der Waals surface area contributed by atoms with Gasteiger partial charge in [0.2, 0.25) is 5.78 Å². The molecule has 4 rings (SSSR count). The number of rotatable bonds is 2. The number of halogens is 1. The van der Waals surface area contributed by atoms with E-state index >= 15 is 0 Å². The number of hydrogen-bond donors (Lipinski definition) is 3. The lowest BCUT2D eigenvalue weighted by molar-refractivity contribution is 0.107. The third-order valence-corrected chi connectivity index (χ3v) is 4.41. The van der Waals surface area contributed by atoms with Gasteiger partial charge in [-0.15, -0.1) is 0 Å². The van der Waals surface area contributed by atoms with E-state index in [0.717, 1.165) is 15.4 Å². The lowest BCUT2D eigenvalue weighted by Crippen LogP contribution is -2.11. The van der Waals surface area contributed by atoms with Crippen LogP contribution in [0.25, 0.3) is 10.9 Å². The molecule has 2 aromatic carbocycles. The number of aromatic hydroxyl groups is 1. The van der Waals surface area contributed by atoms with E-state index in [2.05, 4.69) is 25.9 Å². The van der Waals surface area contributed by atoms with Gasteiger partial charge in [-0.3, -0.25) is 4.79 Å². The molecule has 0 radical (unpaired) electrons. The number of aliphatic imine (C=N–C) groups is 1. The molecule has 0 fully saturated rings. The second-order valence-corrected chi connectivity index (χ2v) is 6.25. The summed E-state index contributed by atoms with van der Waals surface area (Å²) < 4.78 is 0.869. The Morgan fingerprint density at radius 2 is 2.00 bits per heavy atom. The van der Waals surface area contributed by atoms with Gasteiger partial charge in [0.15, 0.2) is 5.88 Å². The van der Waals surface area contributed by atoms with Crippen LogP contribution in [0.1, 0.15) is 21.5 Å². The molecule has 2 heterocycles. The molecule has 0 aliphatic carbocycles. The van der Waals surface area contributed by atoms with Crippen LogP contribution in [0.3, 0.4) is 0 Å². The van der Waals surface area contributed by atoms with Crippen molar-refractivity contribution in [1.29, 1.82) is 0 Å². The molecule has 0 saturated carbocycles. The number of carbonyl (C=O) groups excluding carboxylic acids is 1. The molecule has 3 aromatic rings. The minimum atomic E-state index is -0.255. The molecular weight excluding hydrogens is 360 g/mol. The van der Waals surface area contributed by atoms with Crippen LogP contribution in [0.2, 0.25) is 0 Å². The minimum Gasteiger partial charge on any atom is -0.494 e. The van der Waals surface area contributed by atoms with Crippen LogP contribution in [-0.2, 0) is 6.61 Å². The van der Waals surface area contributed by atoms with E-state index in [9.17, 15) is 15.0 Å². The molecule has 1 aliphatic heterocycles. The summed E-state index contributed by atoms with van der Waals surface area (Å²) in [4.78, 5) is 19.9. The van der Waals surface area contributed by atoms with Crippen LogP contribution in [0.15, 0.2) is 45.9 Å². The van der Waals surface area contributed by atoms with Gasteiger partial charge in [-0.25, -0.2) is 4.99 Å². The van der Waals surface area contributed by atoms with E-state index in [1.165, 1.54) is 0 Å². The first kappa shape index (κ1) is 14.2. The summed E-state index contributed by atoms with van der Waals surface area (Å²) in [6.07, 6.45) is 0. The summed E-state index contributed by atoms with van der Waals surface area (Å²) in [6, 6.07) is 10.6. The smallest absolute Gasteiger partial charge is 0.214 e. The van der Waals surface area contributed by atoms with E-state index < -0.39 is 0 Å². The Morgan fingerprint density at radius 3 is 2.78 bits per heavy atom. The monoisotopic (exact) mass is 370 g/mol. The number of carbonyl (C=O) groups is 1. The molecule has 0 unspecified atom stereocenters. The predicted molar refractivity (Wildman–Crippen MR) is 90.6 cm³/mol. The first-order valence-corrected chi connectivity index (χ1v) is 7.75. The van der Waals surface area contributed by atoms with Crippen LogP contribution in [0.4, 0.5) is 5.69 Å². The van der Waals surface area contributed by atoms with E-state index in [0.29, 0.717) is 22.4 Å². The maximum absolute atomic E-state index is 12.7. The predicted octanol–water partition coefficient (Wildman–Crippen LogP) is 3.45. The summed E-state index contributed by atoms with van der Waals surface area (Å²) in [5.41, 5.74) is 2.97. The molecule has 0 spiro atoms. The normalized spacial score (nSPS) is 13.5. The highest BCUT2D eigenvalue weighted by Crippen LogP contribution is 2.36. The van der Waals surface area contributed by atoms with Crippen LogP contribution in [-0.4, -0.2) is 26.7 Å². The third-order valence-electron chi connectivity index (χ3n) is 3.91. The van der Waals surface area contributed by atoms with Gasteiger partial charge in [-0.05, 0) is 29.8 Å². The quantitative estimate of drug-likeness (QED) is 0.645. The van der Waals surface area contributed by atoms with Crippen LogP contribution >= 0.6 is 15.9 Å². The van der Waals surface area contributed by atoms with E-state index in [4.69, 9.17) is 0 Å². The number of ketones is 1. The number of aliphatic hydroxyl groups is 1. The molecule has 3 N–H and O–H groups in total. The first-order valence-electron chi connectivity index (χ1n) is 6.96. The lowest BCUT2D eigenvalue weighted by Gasteiger charge is -2.00. The topological polar surface area (TPSA) is 85.7 Å². The van der Waals surface area contributed by atoms with Crippen molar-refractivity contribution in [3.8, 4) is 5.88 Å². The fourth-order valence-corrected chi connectivity index (χ4v) is 3.19. The number of hydrogen-bond acceptors (Lipinski definition) is 4. The van der Waals surface area contributed by atoms with Crippen molar-refractivity contribution in [3.63, 3.8) is 0 Å². The fourth-order valence-electron chi connectivity index (χ4n) is 2.82. The highest BCUT2D eigenvalue weighted by molar-refractivity contribution is 9.10. The average Bonchev–Trinajstić information content (AvgIpc) is 3.03. The number of H-pyrrole nitrogens is 1. The maximum Gasteiger partial charge on any atom is 0.214 e. The molecule has 114 valence electrons. The maximum atomic E-state index is 12.7. The zero-order valence-electron chi connectivity index (χ0n) is 11.8. The highest BCUT2D eigenvalue weighted by Gasteiger charge is 2.30. The fraction of sp³-hybridized carbons (Fsp3) is 0.0588. The van der Waals surface area contributed by atoms with Gasteiger partial charge in [0.05, 0.1) is 28.9 Å². The molecule has 6 heteroatoms. The number of aliphatic hydroxyl groups excluding tert-OH is 1. The summed E-state index contributed by atoms with van der Waals surface area (Å²) in [5.74, 6) is -0.338. The number of aromatic nitrogens is 1. The molecular formula is C17H11BrN2O3. The van der Waals surface area contributed by atoms with Gasteiger partial charge in [0, 0.05) is 9.86 Å². The molecule has 23 heavy (non-hydrogen) atoms. The van der Waals surface area contributed by atoms with Gasteiger partial charge in [0.25, 0.3) is 0 Å². The molecule has 0 atom stereocenters. The van der Waals surface area contributed by atoms with E-state index in [1.54, 1.807) is 18.2 Å². The number of fused-ring (bicyclic) bond motifs is 2. The van der Waals surface area contributed by atoms with Crippen molar-refractivity contribution in [2.45, 2.75) is 6.61 Å². The number of aromatic amines is 1. The highest BCUT2D eigenvalue weighted by atomic mass is 79.9. The van der Waals surface area contributed by atoms with Crippen molar-refractivity contribution in [2.75, 3.05) is 0 Å². The molecule has 1 aromatic heterocycles. The van der Waals surface area contributed by atoms with Crippen LogP contribution in [0.5, 0.6) is 5.88 Å². The van der Waals surface area contributed by atoms with Gasteiger partial charge < -0.3 is 15.2 Å². The summed E-state index contributed by atoms with van der Waals surface area (Å²) >= 11 is 3.38. The SMILES string of the molecule is O=C1C(c2c(O)[nH]c3cc(Br)ccc23)=Nc2ccc(CO)cc21. The largest absolute Gasteiger partial charge is 0.494 e.